The molecule has 0 atom stereocenters. The highest BCUT2D eigenvalue weighted by Crippen LogP contribution is 2.38. The number of rotatable bonds is 3. The van der Waals surface area contributed by atoms with E-state index in [1.807, 2.05) is 31.2 Å². The van der Waals surface area contributed by atoms with Crippen LogP contribution in [0, 0.1) is 6.92 Å². The Balaban J connectivity index is 2.39. The van der Waals surface area contributed by atoms with Gasteiger partial charge in [-0.15, -0.1) is 10.2 Å². The first-order chi connectivity index (χ1) is 10.9. The normalized spacial score (nSPS) is 11.6. The predicted molar refractivity (Wildman–Crippen MR) is 88.9 cm³/mol. The maximum atomic E-state index is 12.1. The lowest BCUT2D eigenvalue weighted by Gasteiger charge is -2.13. The molecular formula is C14H12BrN5O2S. The zero-order chi connectivity index (χ0) is 16.6. The number of primary sulfonamides is 1. The monoisotopic (exact) mass is 393 g/mol. The van der Waals surface area contributed by atoms with E-state index in [4.69, 9.17) is 5.14 Å². The number of aryl methyl sites for hydroxylation is 1. The molecule has 1 heterocycles. The second-order valence-corrected chi connectivity index (χ2v) is 7.30. The lowest BCUT2D eigenvalue weighted by atomic mass is 9.98. The van der Waals surface area contributed by atoms with Gasteiger partial charge in [0.25, 0.3) is 0 Å². The van der Waals surface area contributed by atoms with E-state index in [1.165, 1.54) is 0 Å². The van der Waals surface area contributed by atoms with E-state index in [1.54, 1.807) is 12.1 Å². The molecule has 0 bridgehead atoms. The molecule has 118 valence electrons. The first-order valence-electron chi connectivity index (χ1n) is 6.54. The van der Waals surface area contributed by atoms with Crippen LogP contribution in [0.15, 0.2) is 45.8 Å². The minimum absolute atomic E-state index is 0.0722. The van der Waals surface area contributed by atoms with Crippen LogP contribution in [-0.4, -0.2) is 29.0 Å². The number of H-pyrrole nitrogens is 1. The largest absolute Gasteiger partial charge is 0.239 e. The second kappa shape index (κ2) is 5.84. The molecule has 0 radical (unpaired) electrons. The predicted octanol–water partition coefficient (Wildman–Crippen LogP) is 2.25. The van der Waals surface area contributed by atoms with Crippen molar-refractivity contribution in [1.29, 1.82) is 0 Å². The number of nitrogens with zero attached hydrogens (tertiary/aromatic N) is 3. The van der Waals surface area contributed by atoms with Gasteiger partial charge in [-0.2, -0.15) is 5.21 Å². The zero-order valence-electron chi connectivity index (χ0n) is 12.0. The first kappa shape index (κ1) is 15.8. The topological polar surface area (TPSA) is 115 Å². The third-order valence-electron chi connectivity index (χ3n) is 3.33. The first-order valence-corrected chi connectivity index (χ1v) is 8.88. The molecule has 0 aliphatic heterocycles. The molecule has 9 heteroatoms. The maximum Gasteiger partial charge on any atom is 0.239 e. The summed E-state index contributed by atoms with van der Waals surface area (Å²) in [5, 5.41) is 19.1. The Bertz CT molecular complexity index is 954. The van der Waals surface area contributed by atoms with Gasteiger partial charge in [-0.25, -0.2) is 13.6 Å². The van der Waals surface area contributed by atoms with Gasteiger partial charge in [-0.1, -0.05) is 35.9 Å². The highest BCUT2D eigenvalue weighted by Gasteiger charge is 2.25. The standard InChI is InChI=1S/C14H12BrN5O2S/c1-8-2-4-9(5-3-8)10-6-7-11(15)13(23(16,21)22)12(10)14-17-19-20-18-14/h2-7H,1H3,(H2,16,21,22)(H,17,18,19,20). The number of aromatic nitrogens is 4. The van der Waals surface area contributed by atoms with Crippen molar-refractivity contribution < 1.29 is 8.42 Å². The molecule has 23 heavy (non-hydrogen) atoms. The van der Waals surface area contributed by atoms with Crippen LogP contribution in [0.25, 0.3) is 22.5 Å². The maximum absolute atomic E-state index is 12.1. The Morgan fingerprint density at radius 1 is 1.13 bits per heavy atom. The van der Waals surface area contributed by atoms with Gasteiger partial charge in [0.2, 0.25) is 15.8 Å². The summed E-state index contributed by atoms with van der Waals surface area (Å²) in [7, 11) is -4.00. The minimum Gasteiger partial charge on any atom is -0.225 e. The molecule has 0 amide bonds. The van der Waals surface area contributed by atoms with E-state index >= 15 is 0 Å². The van der Waals surface area contributed by atoms with Crippen molar-refractivity contribution in [2.24, 2.45) is 5.14 Å². The number of aromatic amines is 1. The Hall–Kier alpha value is -2.10. The summed E-state index contributed by atoms with van der Waals surface area (Å²) in [4.78, 5) is -0.0722. The number of nitrogens with one attached hydrogen (secondary N) is 1. The molecule has 2 aromatic carbocycles. The molecule has 0 fully saturated rings. The molecule has 0 spiro atoms. The Morgan fingerprint density at radius 3 is 2.39 bits per heavy atom. The van der Waals surface area contributed by atoms with Crippen LogP contribution < -0.4 is 5.14 Å². The zero-order valence-corrected chi connectivity index (χ0v) is 14.4. The molecule has 3 rings (SSSR count). The van der Waals surface area contributed by atoms with Crippen molar-refractivity contribution in [2.45, 2.75) is 11.8 Å². The summed E-state index contributed by atoms with van der Waals surface area (Å²) in [6, 6.07) is 11.1. The van der Waals surface area contributed by atoms with Gasteiger partial charge in [0.05, 0.1) is 5.56 Å². The van der Waals surface area contributed by atoms with E-state index in [2.05, 4.69) is 36.6 Å². The molecule has 0 unspecified atom stereocenters. The number of hydrogen-bond acceptors (Lipinski definition) is 5. The molecule has 1 aromatic heterocycles. The third-order valence-corrected chi connectivity index (χ3v) is 5.24. The Labute approximate surface area is 141 Å². The molecule has 0 aliphatic carbocycles. The van der Waals surface area contributed by atoms with Gasteiger partial charge in [0, 0.05) is 4.47 Å². The highest BCUT2D eigenvalue weighted by molar-refractivity contribution is 9.10. The van der Waals surface area contributed by atoms with Crippen molar-refractivity contribution in [3.63, 3.8) is 0 Å². The van der Waals surface area contributed by atoms with Crippen molar-refractivity contribution in [3.05, 3.63) is 46.4 Å². The van der Waals surface area contributed by atoms with Crippen molar-refractivity contribution in [3.8, 4) is 22.5 Å². The fourth-order valence-corrected chi connectivity index (χ4v) is 4.13. The number of sulfonamides is 1. The van der Waals surface area contributed by atoms with Gasteiger partial charge in [-0.3, -0.25) is 0 Å². The van der Waals surface area contributed by atoms with Crippen molar-refractivity contribution in [1.82, 2.24) is 20.6 Å². The van der Waals surface area contributed by atoms with Crippen LogP contribution in [-0.2, 0) is 10.0 Å². The van der Waals surface area contributed by atoms with Gasteiger partial charge in [0.15, 0.2) is 0 Å². The average Bonchev–Trinajstić information content (AvgIpc) is 3.00. The van der Waals surface area contributed by atoms with Gasteiger partial charge >= 0.3 is 0 Å². The number of benzene rings is 2. The molecule has 0 saturated heterocycles. The summed E-state index contributed by atoms with van der Waals surface area (Å²) in [5.74, 6) is 0.158. The number of nitrogens with two attached hydrogens (primary N) is 1. The number of hydrogen-bond donors (Lipinski definition) is 2. The minimum atomic E-state index is -4.00. The average molecular weight is 394 g/mol. The van der Waals surface area contributed by atoms with E-state index in [-0.39, 0.29) is 10.7 Å². The van der Waals surface area contributed by atoms with E-state index < -0.39 is 10.0 Å². The fraction of sp³-hybridized carbons (Fsp3) is 0.0714. The van der Waals surface area contributed by atoms with Crippen LogP contribution in [0.3, 0.4) is 0 Å². The molecule has 0 aliphatic rings. The Kier molecular flexibility index (Phi) is 4.00. The third kappa shape index (κ3) is 3.03. The van der Waals surface area contributed by atoms with Crippen LogP contribution in [0.5, 0.6) is 0 Å². The second-order valence-electron chi connectivity index (χ2n) is 4.95. The molecule has 3 aromatic rings. The highest BCUT2D eigenvalue weighted by atomic mass is 79.9. The molecule has 3 N–H and O–H groups in total. The van der Waals surface area contributed by atoms with Crippen LogP contribution in [0.4, 0.5) is 0 Å². The lowest BCUT2D eigenvalue weighted by Crippen LogP contribution is -2.15. The summed E-state index contributed by atoms with van der Waals surface area (Å²) in [6.45, 7) is 1.97. The van der Waals surface area contributed by atoms with E-state index in [0.717, 1.165) is 11.1 Å². The number of tetrazole rings is 1. The van der Waals surface area contributed by atoms with Gasteiger partial charge in [-0.05, 0) is 45.3 Å². The van der Waals surface area contributed by atoms with Crippen LogP contribution in [0.2, 0.25) is 0 Å². The summed E-state index contributed by atoms with van der Waals surface area (Å²) >= 11 is 3.24. The lowest BCUT2D eigenvalue weighted by molar-refractivity contribution is 0.597. The van der Waals surface area contributed by atoms with Crippen LogP contribution in [0.1, 0.15) is 5.56 Å². The Morgan fingerprint density at radius 2 is 1.83 bits per heavy atom. The summed E-state index contributed by atoms with van der Waals surface area (Å²) in [6.07, 6.45) is 0. The summed E-state index contributed by atoms with van der Waals surface area (Å²) in [5.41, 5.74) is 2.88. The van der Waals surface area contributed by atoms with Crippen LogP contribution >= 0.6 is 15.9 Å². The van der Waals surface area contributed by atoms with Crippen molar-refractivity contribution in [2.75, 3.05) is 0 Å². The number of halogens is 1. The van der Waals surface area contributed by atoms with E-state index in [0.29, 0.717) is 15.6 Å². The quantitative estimate of drug-likeness (QED) is 0.707. The molecular weight excluding hydrogens is 382 g/mol. The fourth-order valence-electron chi connectivity index (χ4n) is 2.30. The van der Waals surface area contributed by atoms with E-state index in [9.17, 15) is 8.42 Å². The van der Waals surface area contributed by atoms with Gasteiger partial charge < -0.3 is 0 Å². The van der Waals surface area contributed by atoms with Crippen molar-refractivity contribution >= 4 is 26.0 Å². The van der Waals surface area contributed by atoms with Gasteiger partial charge in [0.1, 0.15) is 4.90 Å². The SMILES string of the molecule is Cc1ccc(-c2ccc(Br)c(S(N)(=O)=O)c2-c2nn[nH]n2)cc1. The smallest absolute Gasteiger partial charge is 0.225 e. The summed E-state index contributed by atoms with van der Waals surface area (Å²) < 4.78 is 24.5. The molecule has 0 saturated carbocycles. The molecule has 7 nitrogen and oxygen atoms in total.